The minimum absolute atomic E-state index is 0.142. The first kappa shape index (κ1) is 22.7. The van der Waals surface area contributed by atoms with Gasteiger partial charge in [-0.3, -0.25) is 14.4 Å². The molecule has 0 fully saturated rings. The Kier molecular flexibility index (Phi) is 7.59. The van der Waals surface area contributed by atoms with E-state index in [1.54, 1.807) is 25.1 Å². The Morgan fingerprint density at radius 3 is 2.52 bits per heavy atom. The van der Waals surface area contributed by atoms with Gasteiger partial charge in [0.25, 0.3) is 0 Å². The van der Waals surface area contributed by atoms with Crippen molar-refractivity contribution < 1.29 is 28.6 Å². The van der Waals surface area contributed by atoms with Crippen LogP contribution in [0.15, 0.2) is 30.4 Å². The van der Waals surface area contributed by atoms with Gasteiger partial charge in [0.05, 0.1) is 5.92 Å². The van der Waals surface area contributed by atoms with Gasteiger partial charge in [-0.25, -0.2) is 0 Å². The molecule has 1 aromatic carbocycles. The zero-order chi connectivity index (χ0) is 21.7. The summed E-state index contributed by atoms with van der Waals surface area (Å²) in [6, 6.07) is 5.33. The Morgan fingerprint density at radius 2 is 1.93 bits per heavy atom. The van der Waals surface area contributed by atoms with Crippen molar-refractivity contribution in [3.8, 4) is 5.75 Å². The van der Waals surface area contributed by atoms with Crippen LogP contribution in [0.4, 0.5) is 0 Å². The van der Waals surface area contributed by atoms with E-state index < -0.39 is 18.3 Å². The number of rotatable bonds is 9. The summed E-state index contributed by atoms with van der Waals surface area (Å²) in [6.07, 6.45) is -0.445. The molecule has 0 saturated carbocycles. The largest absolute Gasteiger partial charge is 0.481 e. The van der Waals surface area contributed by atoms with Gasteiger partial charge < -0.3 is 14.2 Å². The van der Waals surface area contributed by atoms with E-state index in [4.69, 9.17) is 14.2 Å². The lowest BCUT2D eigenvalue weighted by Gasteiger charge is -2.20. The molecule has 1 heterocycles. The van der Waals surface area contributed by atoms with Crippen molar-refractivity contribution in [2.75, 3.05) is 0 Å². The monoisotopic (exact) mass is 402 g/mol. The lowest BCUT2D eigenvalue weighted by atomic mass is 9.98. The van der Waals surface area contributed by atoms with E-state index in [0.717, 1.165) is 5.56 Å². The predicted octanol–water partition coefficient (Wildman–Crippen LogP) is 4.48. The van der Waals surface area contributed by atoms with E-state index >= 15 is 0 Å². The first-order valence-corrected chi connectivity index (χ1v) is 10.0. The fourth-order valence-electron chi connectivity index (χ4n) is 3.02. The maximum atomic E-state index is 12.3. The second-order valence-electron chi connectivity index (χ2n) is 7.93. The van der Waals surface area contributed by atoms with Crippen LogP contribution in [0, 0.1) is 11.8 Å². The molecule has 0 aromatic heterocycles. The van der Waals surface area contributed by atoms with Gasteiger partial charge in [-0.2, -0.15) is 0 Å². The molecule has 158 valence electrons. The second-order valence-corrected chi connectivity index (χ2v) is 7.93. The Hall–Kier alpha value is -2.63. The SMILES string of the molecule is C=C(C=O)[C@H]1Oc2ccc([C@@H](C)OC(=O)[C@H](C)CC)cc2[C@H]1OC(=O)CC(C)C. The fourth-order valence-corrected chi connectivity index (χ4v) is 3.02. The van der Waals surface area contributed by atoms with E-state index in [0.29, 0.717) is 24.0 Å². The average molecular weight is 402 g/mol. The van der Waals surface area contributed by atoms with E-state index in [1.807, 2.05) is 27.7 Å². The molecule has 0 radical (unpaired) electrons. The third-order valence-corrected chi connectivity index (χ3v) is 5.00. The number of aldehydes is 1. The minimum atomic E-state index is -0.772. The molecule has 0 amide bonds. The zero-order valence-electron chi connectivity index (χ0n) is 17.8. The van der Waals surface area contributed by atoms with E-state index in [2.05, 4.69) is 6.58 Å². The number of ether oxygens (including phenoxy) is 3. The molecular weight excluding hydrogens is 372 g/mol. The number of esters is 2. The molecule has 2 rings (SSSR count). The van der Waals surface area contributed by atoms with Crippen molar-refractivity contribution in [2.24, 2.45) is 11.8 Å². The zero-order valence-corrected chi connectivity index (χ0v) is 17.8. The van der Waals surface area contributed by atoms with Gasteiger partial charge >= 0.3 is 11.9 Å². The highest BCUT2D eigenvalue weighted by Crippen LogP contribution is 2.43. The smallest absolute Gasteiger partial charge is 0.309 e. The summed E-state index contributed by atoms with van der Waals surface area (Å²) in [6.45, 7) is 13.1. The van der Waals surface area contributed by atoms with Crippen molar-refractivity contribution in [1.29, 1.82) is 0 Å². The van der Waals surface area contributed by atoms with Crippen LogP contribution >= 0.6 is 0 Å². The highest BCUT2D eigenvalue weighted by Gasteiger charge is 2.39. The Bertz CT molecular complexity index is 782. The van der Waals surface area contributed by atoms with Crippen molar-refractivity contribution in [1.82, 2.24) is 0 Å². The van der Waals surface area contributed by atoms with Gasteiger partial charge in [-0.1, -0.05) is 40.3 Å². The molecule has 6 nitrogen and oxygen atoms in total. The molecule has 1 aliphatic rings. The minimum Gasteiger partial charge on any atom is -0.481 e. The lowest BCUT2D eigenvalue weighted by Crippen LogP contribution is -2.26. The van der Waals surface area contributed by atoms with Crippen LogP contribution in [-0.2, 0) is 23.9 Å². The van der Waals surface area contributed by atoms with Crippen molar-refractivity contribution in [3.05, 3.63) is 41.5 Å². The van der Waals surface area contributed by atoms with Gasteiger partial charge in [0.15, 0.2) is 12.2 Å². The molecule has 0 bridgehead atoms. The standard InChI is InChI=1S/C23H30O6/c1-7-14(4)23(26)27-16(6)17-8-9-19-18(11-17)22(21(28-19)15(5)12-24)29-20(25)10-13(2)3/h8-9,11-14,16,21-22H,5,7,10H2,1-4,6H3/t14-,16-,21-,22-/m1/s1. The van der Waals surface area contributed by atoms with Crippen LogP contribution in [0.1, 0.15) is 70.8 Å². The molecule has 0 aliphatic carbocycles. The Morgan fingerprint density at radius 1 is 1.24 bits per heavy atom. The number of carbonyl (C=O) groups is 3. The Labute approximate surface area is 172 Å². The summed E-state index contributed by atoms with van der Waals surface area (Å²) in [5, 5.41) is 0. The average Bonchev–Trinajstić information content (AvgIpc) is 3.03. The molecule has 0 spiro atoms. The van der Waals surface area contributed by atoms with Gasteiger partial charge in [0.2, 0.25) is 0 Å². The van der Waals surface area contributed by atoms with Gasteiger partial charge in [-0.15, -0.1) is 0 Å². The molecule has 1 aliphatic heterocycles. The normalized spacial score (nSPS) is 19.7. The van der Waals surface area contributed by atoms with Crippen molar-refractivity contribution >= 4 is 18.2 Å². The summed E-state index contributed by atoms with van der Waals surface area (Å²) >= 11 is 0. The number of carbonyl (C=O) groups excluding carboxylic acids is 3. The quantitative estimate of drug-likeness (QED) is 0.344. The predicted molar refractivity (Wildman–Crippen MR) is 108 cm³/mol. The highest BCUT2D eigenvalue weighted by molar-refractivity contribution is 5.76. The first-order valence-electron chi connectivity index (χ1n) is 10.0. The van der Waals surface area contributed by atoms with Gasteiger partial charge in [0, 0.05) is 17.6 Å². The van der Waals surface area contributed by atoms with Crippen LogP contribution in [0.5, 0.6) is 5.75 Å². The highest BCUT2D eigenvalue weighted by atomic mass is 16.6. The van der Waals surface area contributed by atoms with Crippen molar-refractivity contribution in [2.45, 2.75) is 65.8 Å². The number of hydrogen-bond donors (Lipinski definition) is 0. The van der Waals surface area contributed by atoms with Gasteiger partial charge in [0.1, 0.15) is 18.1 Å². The Balaban J connectivity index is 2.29. The fraction of sp³-hybridized carbons (Fsp3) is 0.522. The molecule has 0 N–H and O–H groups in total. The summed E-state index contributed by atoms with van der Waals surface area (Å²) in [4.78, 5) is 35.7. The molecule has 1 aromatic rings. The van der Waals surface area contributed by atoms with E-state index in [1.165, 1.54) is 0 Å². The van der Waals surface area contributed by atoms with Gasteiger partial charge in [-0.05, 0) is 37.0 Å². The van der Waals surface area contributed by atoms with Crippen LogP contribution in [0.25, 0.3) is 0 Å². The summed E-state index contributed by atoms with van der Waals surface area (Å²) in [5.41, 5.74) is 1.59. The maximum absolute atomic E-state index is 12.3. The van der Waals surface area contributed by atoms with Crippen LogP contribution in [0.3, 0.4) is 0 Å². The van der Waals surface area contributed by atoms with E-state index in [-0.39, 0.29) is 35.8 Å². The summed E-state index contributed by atoms with van der Waals surface area (Å²) in [5.74, 6) is -0.149. The number of hydrogen-bond acceptors (Lipinski definition) is 6. The topological polar surface area (TPSA) is 78.9 Å². The second kappa shape index (κ2) is 9.72. The van der Waals surface area contributed by atoms with E-state index in [9.17, 15) is 14.4 Å². The van der Waals surface area contributed by atoms with Crippen LogP contribution in [0.2, 0.25) is 0 Å². The van der Waals surface area contributed by atoms with Crippen LogP contribution in [-0.4, -0.2) is 24.3 Å². The van der Waals surface area contributed by atoms with Crippen molar-refractivity contribution in [3.63, 3.8) is 0 Å². The molecule has 0 saturated heterocycles. The molecule has 6 heteroatoms. The number of benzene rings is 1. The first-order chi connectivity index (χ1) is 13.7. The third kappa shape index (κ3) is 5.46. The van der Waals surface area contributed by atoms with Crippen LogP contribution < -0.4 is 4.74 Å². The summed E-state index contributed by atoms with van der Waals surface area (Å²) < 4.78 is 17.1. The third-order valence-electron chi connectivity index (χ3n) is 5.00. The molecule has 4 atom stereocenters. The molecule has 29 heavy (non-hydrogen) atoms. The molecule has 0 unspecified atom stereocenters. The summed E-state index contributed by atoms with van der Waals surface area (Å²) in [7, 11) is 0. The number of fused-ring (bicyclic) bond motifs is 1. The lowest BCUT2D eigenvalue weighted by molar-refractivity contribution is -0.153. The maximum Gasteiger partial charge on any atom is 0.309 e. The molecular formula is C23H30O6.